The first kappa shape index (κ1) is 16.7. The van der Waals surface area contributed by atoms with Gasteiger partial charge in [-0.3, -0.25) is 14.7 Å². The van der Waals surface area contributed by atoms with Crippen molar-refractivity contribution in [2.75, 3.05) is 19.6 Å². The van der Waals surface area contributed by atoms with Crippen LogP contribution in [0.5, 0.6) is 0 Å². The number of hydrogen-bond donors (Lipinski definition) is 0. The number of aryl methyl sites for hydroxylation is 1. The average molecular weight is 356 g/mol. The number of hydrogen-bond acceptors (Lipinski definition) is 5. The lowest BCUT2D eigenvalue weighted by atomic mass is 9.78. The number of amides is 1. The molecule has 25 heavy (non-hydrogen) atoms. The summed E-state index contributed by atoms with van der Waals surface area (Å²) in [6, 6.07) is 6.03. The molecule has 0 N–H and O–H groups in total. The smallest absolute Gasteiger partial charge is 0.230 e. The van der Waals surface area contributed by atoms with Crippen LogP contribution in [0.2, 0.25) is 0 Å². The Kier molecular flexibility index (Phi) is 4.56. The van der Waals surface area contributed by atoms with Gasteiger partial charge in [-0.15, -0.1) is 11.3 Å². The Morgan fingerprint density at radius 1 is 1.24 bits per heavy atom. The van der Waals surface area contributed by atoms with Crippen molar-refractivity contribution in [1.82, 2.24) is 19.8 Å². The molecule has 1 atom stereocenters. The van der Waals surface area contributed by atoms with Gasteiger partial charge in [-0.05, 0) is 44.9 Å². The SMILES string of the molecule is Cc1cccc(CN2CC[C@]3(CCCN(Cc4nccs4)C3)C2=O)n1. The van der Waals surface area contributed by atoms with Crippen LogP contribution in [0.1, 0.15) is 35.7 Å². The van der Waals surface area contributed by atoms with Gasteiger partial charge < -0.3 is 4.90 Å². The van der Waals surface area contributed by atoms with Crippen LogP contribution in [-0.2, 0) is 17.9 Å². The first-order valence-electron chi connectivity index (χ1n) is 8.97. The normalized spacial score (nSPS) is 24.4. The Hall–Kier alpha value is -1.79. The Morgan fingerprint density at radius 3 is 2.96 bits per heavy atom. The molecule has 0 unspecified atom stereocenters. The maximum absolute atomic E-state index is 13.2. The molecule has 2 fully saturated rings. The Balaban J connectivity index is 1.44. The number of pyridine rings is 1. The van der Waals surface area contributed by atoms with Crippen molar-refractivity contribution in [2.45, 2.75) is 39.3 Å². The van der Waals surface area contributed by atoms with Gasteiger partial charge in [0.25, 0.3) is 0 Å². The van der Waals surface area contributed by atoms with Gasteiger partial charge in [0, 0.05) is 30.4 Å². The summed E-state index contributed by atoms with van der Waals surface area (Å²) in [4.78, 5) is 26.6. The summed E-state index contributed by atoms with van der Waals surface area (Å²) in [5.41, 5.74) is 1.80. The molecule has 0 saturated carbocycles. The van der Waals surface area contributed by atoms with E-state index < -0.39 is 0 Å². The highest BCUT2D eigenvalue weighted by atomic mass is 32.1. The predicted molar refractivity (Wildman–Crippen MR) is 98.1 cm³/mol. The van der Waals surface area contributed by atoms with Crippen molar-refractivity contribution in [2.24, 2.45) is 5.41 Å². The molecule has 2 aliphatic rings. The van der Waals surface area contributed by atoms with E-state index in [1.54, 1.807) is 11.3 Å². The van der Waals surface area contributed by atoms with Crippen LogP contribution in [0.3, 0.4) is 0 Å². The molecule has 2 saturated heterocycles. The molecule has 1 amide bonds. The van der Waals surface area contributed by atoms with Crippen LogP contribution >= 0.6 is 11.3 Å². The quantitative estimate of drug-likeness (QED) is 0.845. The number of rotatable bonds is 4. The highest BCUT2D eigenvalue weighted by Gasteiger charge is 2.48. The predicted octanol–water partition coefficient (Wildman–Crippen LogP) is 2.86. The second-order valence-corrected chi connectivity index (χ2v) is 8.25. The Bertz CT molecular complexity index is 748. The van der Waals surface area contributed by atoms with Gasteiger partial charge in [0.05, 0.1) is 24.2 Å². The van der Waals surface area contributed by atoms with Crippen molar-refractivity contribution < 1.29 is 4.79 Å². The number of likely N-dealkylation sites (tertiary alicyclic amines) is 2. The second kappa shape index (κ2) is 6.84. The molecule has 4 heterocycles. The second-order valence-electron chi connectivity index (χ2n) is 7.27. The van der Waals surface area contributed by atoms with Crippen molar-refractivity contribution in [1.29, 1.82) is 0 Å². The van der Waals surface area contributed by atoms with E-state index in [0.717, 1.165) is 61.8 Å². The van der Waals surface area contributed by atoms with E-state index in [2.05, 4.69) is 14.9 Å². The van der Waals surface area contributed by atoms with Gasteiger partial charge >= 0.3 is 0 Å². The molecule has 4 rings (SSSR count). The highest BCUT2D eigenvalue weighted by Crippen LogP contribution is 2.41. The van der Waals surface area contributed by atoms with E-state index in [0.29, 0.717) is 12.5 Å². The van der Waals surface area contributed by atoms with E-state index in [1.165, 1.54) is 0 Å². The molecule has 2 aliphatic heterocycles. The largest absolute Gasteiger partial charge is 0.336 e. The molecular weight excluding hydrogens is 332 g/mol. The fraction of sp³-hybridized carbons (Fsp3) is 0.526. The average Bonchev–Trinajstić information content (AvgIpc) is 3.20. The molecule has 0 aromatic carbocycles. The van der Waals surface area contributed by atoms with Gasteiger partial charge in [-0.25, -0.2) is 4.98 Å². The lowest BCUT2D eigenvalue weighted by molar-refractivity contribution is -0.139. The summed E-state index contributed by atoms with van der Waals surface area (Å²) in [5, 5.41) is 3.16. The van der Waals surface area contributed by atoms with E-state index in [1.807, 2.05) is 41.6 Å². The van der Waals surface area contributed by atoms with Crippen molar-refractivity contribution in [3.05, 3.63) is 46.2 Å². The maximum Gasteiger partial charge on any atom is 0.230 e. The zero-order chi connectivity index (χ0) is 17.3. The van der Waals surface area contributed by atoms with Crippen molar-refractivity contribution >= 4 is 17.2 Å². The van der Waals surface area contributed by atoms with Gasteiger partial charge in [0.2, 0.25) is 5.91 Å². The van der Waals surface area contributed by atoms with Crippen LogP contribution in [0.4, 0.5) is 0 Å². The minimum Gasteiger partial charge on any atom is -0.336 e. The summed E-state index contributed by atoms with van der Waals surface area (Å²) < 4.78 is 0. The van der Waals surface area contributed by atoms with E-state index in [-0.39, 0.29) is 5.41 Å². The number of nitrogens with zero attached hydrogens (tertiary/aromatic N) is 4. The molecule has 132 valence electrons. The first-order chi connectivity index (χ1) is 12.1. The van der Waals surface area contributed by atoms with Crippen molar-refractivity contribution in [3.63, 3.8) is 0 Å². The van der Waals surface area contributed by atoms with E-state index in [9.17, 15) is 4.79 Å². The number of carbonyl (C=O) groups is 1. The van der Waals surface area contributed by atoms with E-state index in [4.69, 9.17) is 0 Å². The van der Waals surface area contributed by atoms with Gasteiger partial charge in [-0.2, -0.15) is 0 Å². The van der Waals surface area contributed by atoms with Crippen LogP contribution < -0.4 is 0 Å². The molecule has 0 aliphatic carbocycles. The zero-order valence-corrected chi connectivity index (χ0v) is 15.5. The van der Waals surface area contributed by atoms with Crippen LogP contribution in [0.15, 0.2) is 29.8 Å². The minimum atomic E-state index is -0.195. The highest BCUT2D eigenvalue weighted by molar-refractivity contribution is 7.09. The molecule has 6 heteroatoms. The van der Waals surface area contributed by atoms with Gasteiger partial charge in [0.1, 0.15) is 5.01 Å². The molecule has 5 nitrogen and oxygen atoms in total. The maximum atomic E-state index is 13.2. The fourth-order valence-corrected chi connectivity index (χ4v) is 4.85. The third-order valence-electron chi connectivity index (χ3n) is 5.40. The molecule has 2 aromatic rings. The molecule has 2 aromatic heterocycles. The van der Waals surface area contributed by atoms with Crippen LogP contribution in [0.25, 0.3) is 0 Å². The number of thiazole rings is 1. The number of aromatic nitrogens is 2. The monoisotopic (exact) mass is 356 g/mol. The molecule has 1 spiro atoms. The first-order valence-corrected chi connectivity index (χ1v) is 9.85. The summed E-state index contributed by atoms with van der Waals surface area (Å²) >= 11 is 1.70. The van der Waals surface area contributed by atoms with Gasteiger partial charge in [-0.1, -0.05) is 6.07 Å². The van der Waals surface area contributed by atoms with Crippen molar-refractivity contribution in [3.8, 4) is 0 Å². The third-order valence-corrected chi connectivity index (χ3v) is 6.16. The summed E-state index contributed by atoms with van der Waals surface area (Å²) in [7, 11) is 0. The Morgan fingerprint density at radius 2 is 2.16 bits per heavy atom. The minimum absolute atomic E-state index is 0.195. The molecular formula is C19H24N4OS. The van der Waals surface area contributed by atoms with Crippen LogP contribution in [-0.4, -0.2) is 45.3 Å². The number of piperidine rings is 1. The topological polar surface area (TPSA) is 49.3 Å². The van der Waals surface area contributed by atoms with Gasteiger partial charge in [0.15, 0.2) is 0 Å². The number of carbonyl (C=O) groups excluding carboxylic acids is 1. The lowest BCUT2D eigenvalue weighted by Gasteiger charge is -2.38. The fourth-order valence-electron chi connectivity index (χ4n) is 4.19. The van der Waals surface area contributed by atoms with E-state index >= 15 is 0 Å². The summed E-state index contributed by atoms with van der Waals surface area (Å²) in [6.07, 6.45) is 4.93. The third kappa shape index (κ3) is 3.46. The standard InChI is InChI=1S/C19H24N4OS/c1-15-4-2-5-16(21-15)12-23-10-7-19(18(23)24)6-3-9-22(14-19)13-17-20-8-11-25-17/h2,4-5,8,11H,3,6-7,9-10,12-14H2,1H3/t19-/m0/s1. The summed E-state index contributed by atoms with van der Waals surface area (Å²) in [5.74, 6) is 0.319. The Labute approximate surface area is 152 Å². The molecule has 0 radical (unpaired) electrons. The summed E-state index contributed by atoms with van der Waals surface area (Å²) in [6.45, 7) is 6.27. The van der Waals surface area contributed by atoms with Crippen LogP contribution in [0, 0.1) is 12.3 Å². The molecule has 0 bridgehead atoms. The lowest BCUT2D eigenvalue weighted by Crippen LogP contribution is -2.47. The zero-order valence-electron chi connectivity index (χ0n) is 14.6.